The highest BCUT2D eigenvalue weighted by Crippen LogP contribution is 2.21. The van der Waals surface area contributed by atoms with Crippen LogP contribution in [-0.4, -0.2) is 13.6 Å². The molecule has 0 saturated carbocycles. The Morgan fingerprint density at radius 3 is 2.60 bits per heavy atom. The average molecular weight is 268 g/mol. The van der Waals surface area contributed by atoms with Gasteiger partial charge >= 0.3 is 0 Å². The van der Waals surface area contributed by atoms with E-state index in [1.165, 1.54) is 22.4 Å². The summed E-state index contributed by atoms with van der Waals surface area (Å²) in [4.78, 5) is 2.32. The van der Waals surface area contributed by atoms with Crippen molar-refractivity contribution in [1.29, 1.82) is 0 Å². The van der Waals surface area contributed by atoms with Crippen LogP contribution in [0.2, 0.25) is 0 Å². The quantitative estimate of drug-likeness (QED) is 0.858. The molecular weight excluding hydrogens is 244 g/mol. The minimum atomic E-state index is 0.921. The lowest BCUT2D eigenvalue weighted by Crippen LogP contribution is -2.20. The molecule has 0 bridgehead atoms. The molecule has 2 aromatic rings. The van der Waals surface area contributed by atoms with Gasteiger partial charge in [-0.25, -0.2) is 0 Å². The van der Waals surface area contributed by atoms with Gasteiger partial charge < -0.3 is 10.2 Å². The lowest BCUT2D eigenvalue weighted by Gasteiger charge is -2.23. The van der Waals surface area contributed by atoms with Gasteiger partial charge in [0.05, 0.1) is 0 Å². The highest BCUT2D eigenvalue weighted by atomic mass is 15.1. The number of anilines is 1. The number of aryl methyl sites for hydroxylation is 1. The van der Waals surface area contributed by atoms with Crippen molar-refractivity contribution < 1.29 is 0 Å². The maximum Gasteiger partial charge on any atom is 0.0426 e. The Labute approximate surface area is 122 Å². The van der Waals surface area contributed by atoms with Crippen LogP contribution in [0.25, 0.3) is 0 Å². The van der Waals surface area contributed by atoms with Gasteiger partial charge in [0.25, 0.3) is 0 Å². The molecule has 2 aromatic carbocycles. The van der Waals surface area contributed by atoms with E-state index in [2.05, 4.69) is 79.6 Å². The van der Waals surface area contributed by atoms with E-state index in [4.69, 9.17) is 0 Å². The third-order valence-electron chi connectivity index (χ3n) is 3.47. The summed E-state index contributed by atoms with van der Waals surface area (Å²) in [5.74, 6) is 0. The zero-order valence-electron chi connectivity index (χ0n) is 12.7. The van der Waals surface area contributed by atoms with Crippen molar-refractivity contribution in [3.05, 3.63) is 65.2 Å². The average Bonchev–Trinajstić information content (AvgIpc) is 2.45. The van der Waals surface area contributed by atoms with Crippen LogP contribution in [0, 0.1) is 6.92 Å². The summed E-state index contributed by atoms with van der Waals surface area (Å²) < 4.78 is 0. The normalized spacial score (nSPS) is 10.6. The first-order chi connectivity index (χ1) is 9.70. The van der Waals surface area contributed by atoms with Crippen molar-refractivity contribution >= 4 is 5.69 Å². The summed E-state index contributed by atoms with van der Waals surface area (Å²) >= 11 is 0. The maximum absolute atomic E-state index is 3.41. The molecule has 0 atom stereocenters. The molecule has 0 unspecified atom stereocenters. The summed E-state index contributed by atoms with van der Waals surface area (Å²) in [6.45, 7) is 7.13. The van der Waals surface area contributed by atoms with Crippen LogP contribution in [0.1, 0.15) is 23.6 Å². The van der Waals surface area contributed by atoms with Gasteiger partial charge in [-0.05, 0) is 30.7 Å². The van der Waals surface area contributed by atoms with E-state index in [0.717, 1.165) is 19.6 Å². The molecule has 1 N–H and O–H groups in total. The van der Waals surface area contributed by atoms with Crippen molar-refractivity contribution in [2.45, 2.75) is 26.9 Å². The Bertz CT molecular complexity index is 549. The summed E-state index contributed by atoms with van der Waals surface area (Å²) in [7, 11) is 2.16. The molecule has 0 aliphatic heterocycles. The van der Waals surface area contributed by atoms with E-state index in [9.17, 15) is 0 Å². The summed E-state index contributed by atoms with van der Waals surface area (Å²) in [5.41, 5.74) is 5.32. The van der Waals surface area contributed by atoms with Gasteiger partial charge in [-0.3, -0.25) is 0 Å². The minimum absolute atomic E-state index is 0.921. The molecule has 2 nitrogen and oxygen atoms in total. The molecule has 0 aliphatic rings. The predicted octanol–water partition coefficient (Wildman–Crippen LogP) is 3.74. The second kappa shape index (κ2) is 7.11. The van der Waals surface area contributed by atoms with Crippen molar-refractivity contribution in [3.8, 4) is 0 Å². The van der Waals surface area contributed by atoms with Crippen LogP contribution in [0.3, 0.4) is 0 Å². The summed E-state index contributed by atoms with van der Waals surface area (Å²) in [6.07, 6.45) is 0. The van der Waals surface area contributed by atoms with Crippen LogP contribution in [-0.2, 0) is 13.1 Å². The van der Waals surface area contributed by atoms with Crippen LogP contribution >= 0.6 is 0 Å². The van der Waals surface area contributed by atoms with E-state index in [-0.39, 0.29) is 0 Å². The van der Waals surface area contributed by atoms with Gasteiger partial charge in [0.15, 0.2) is 0 Å². The van der Waals surface area contributed by atoms with Gasteiger partial charge in [0.2, 0.25) is 0 Å². The van der Waals surface area contributed by atoms with Crippen molar-refractivity contribution in [2.24, 2.45) is 0 Å². The zero-order chi connectivity index (χ0) is 14.4. The topological polar surface area (TPSA) is 15.3 Å². The highest BCUT2D eigenvalue weighted by Gasteiger charge is 2.07. The number of rotatable bonds is 6. The second-order valence-electron chi connectivity index (χ2n) is 5.25. The van der Waals surface area contributed by atoms with Gasteiger partial charge in [-0.2, -0.15) is 0 Å². The van der Waals surface area contributed by atoms with E-state index >= 15 is 0 Å². The fraction of sp³-hybridized carbons (Fsp3) is 0.333. The number of hydrogen-bond acceptors (Lipinski definition) is 2. The number of benzene rings is 2. The van der Waals surface area contributed by atoms with Crippen LogP contribution < -0.4 is 10.2 Å². The Morgan fingerprint density at radius 1 is 1.05 bits per heavy atom. The van der Waals surface area contributed by atoms with Gasteiger partial charge in [0.1, 0.15) is 0 Å². The summed E-state index contributed by atoms with van der Waals surface area (Å²) in [5, 5.41) is 3.41. The fourth-order valence-corrected chi connectivity index (χ4v) is 2.46. The van der Waals surface area contributed by atoms with Crippen LogP contribution in [0.4, 0.5) is 5.69 Å². The third-order valence-corrected chi connectivity index (χ3v) is 3.47. The molecule has 0 fully saturated rings. The zero-order valence-corrected chi connectivity index (χ0v) is 12.7. The Morgan fingerprint density at radius 2 is 1.85 bits per heavy atom. The first-order valence-corrected chi connectivity index (χ1v) is 7.26. The molecule has 106 valence electrons. The Kier molecular flexibility index (Phi) is 5.19. The van der Waals surface area contributed by atoms with E-state index in [1.54, 1.807) is 0 Å². The van der Waals surface area contributed by atoms with Crippen molar-refractivity contribution in [2.75, 3.05) is 18.5 Å². The van der Waals surface area contributed by atoms with E-state index in [1.807, 2.05) is 0 Å². The standard InChI is InChI=1S/C18H24N2/c1-4-19-13-17-10-5-6-11-18(17)20(3)14-16-9-7-8-15(2)12-16/h5-12,19H,4,13-14H2,1-3H3. The highest BCUT2D eigenvalue weighted by molar-refractivity contribution is 5.53. The van der Waals surface area contributed by atoms with Crippen LogP contribution in [0.15, 0.2) is 48.5 Å². The lowest BCUT2D eigenvalue weighted by molar-refractivity contribution is 0.723. The minimum Gasteiger partial charge on any atom is -0.370 e. The lowest BCUT2D eigenvalue weighted by atomic mass is 10.1. The SMILES string of the molecule is CCNCc1ccccc1N(C)Cc1cccc(C)c1. The fourth-order valence-electron chi connectivity index (χ4n) is 2.46. The number of hydrogen-bond donors (Lipinski definition) is 1. The molecule has 20 heavy (non-hydrogen) atoms. The molecule has 0 saturated heterocycles. The van der Waals surface area contributed by atoms with Gasteiger partial charge in [0, 0.05) is 25.8 Å². The molecule has 2 rings (SSSR count). The number of nitrogens with one attached hydrogen (secondary N) is 1. The molecule has 0 amide bonds. The molecular formula is C18H24N2. The Balaban J connectivity index is 2.14. The smallest absolute Gasteiger partial charge is 0.0426 e. The van der Waals surface area contributed by atoms with Crippen molar-refractivity contribution in [1.82, 2.24) is 5.32 Å². The molecule has 0 aromatic heterocycles. The first kappa shape index (κ1) is 14.6. The first-order valence-electron chi connectivity index (χ1n) is 7.26. The Hall–Kier alpha value is -1.80. The molecule has 0 aliphatic carbocycles. The van der Waals surface area contributed by atoms with Gasteiger partial charge in [-0.15, -0.1) is 0 Å². The molecule has 2 heteroatoms. The van der Waals surface area contributed by atoms with Crippen LogP contribution in [0.5, 0.6) is 0 Å². The third kappa shape index (κ3) is 3.84. The maximum atomic E-state index is 3.41. The summed E-state index contributed by atoms with van der Waals surface area (Å²) in [6, 6.07) is 17.3. The monoisotopic (exact) mass is 268 g/mol. The molecule has 0 radical (unpaired) electrons. The number of para-hydroxylation sites is 1. The van der Waals surface area contributed by atoms with Crippen molar-refractivity contribution in [3.63, 3.8) is 0 Å². The number of nitrogens with zero attached hydrogens (tertiary/aromatic N) is 1. The van der Waals surface area contributed by atoms with E-state index < -0.39 is 0 Å². The van der Waals surface area contributed by atoms with Gasteiger partial charge in [-0.1, -0.05) is 55.0 Å². The largest absolute Gasteiger partial charge is 0.370 e. The predicted molar refractivity (Wildman–Crippen MR) is 87.1 cm³/mol. The molecule has 0 heterocycles. The second-order valence-corrected chi connectivity index (χ2v) is 5.25. The molecule has 0 spiro atoms. The van der Waals surface area contributed by atoms with E-state index in [0.29, 0.717) is 0 Å².